The van der Waals surface area contributed by atoms with E-state index in [0.29, 0.717) is 6.54 Å². The number of pyridine rings is 1. The Bertz CT molecular complexity index is 402. The van der Waals surface area contributed by atoms with Crippen molar-refractivity contribution in [1.29, 1.82) is 0 Å². The van der Waals surface area contributed by atoms with Crippen LogP contribution in [0.3, 0.4) is 0 Å². The van der Waals surface area contributed by atoms with E-state index in [2.05, 4.69) is 31.4 Å². The molecule has 0 radical (unpaired) electrons. The second-order valence-electron chi connectivity index (χ2n) is 2.68. The molecule has 0 fully saturated rings. The molecule has 72 valence electrons. The summed E-state index contributed by atoms with van der Waals surface area (Å²) in [6.07, 6.45) is 3.28. The van der Waals surface area contributed by atoms with E-state index in [1.807, 2.05) is 18.2 Å². The lowest BCUT2D eigenvalue weighted by Crippen LogP contribution is -2.01. The Kier molecular flexibility index (Phi) is 2.78. The number of rotatable bonds is 3. The highest BCUT2D eigenvalue weighted by Crippen LogP contribution is 2.18. The summed E-state index contributed by atoms with van der Waals surface area (Å²) >= 11 is 3.39. The van der Waals surface area contributed by atoms with Crippen LogP contribution in [-0.2, 0) is 6.54 Å². The zero-order valence-electron chi connectivity index (χ0n) is 7.27. The van der Waals surface area contributed by atoms with E-state index in [0.717, 1.165) is 16.0 Å². The van der Waals surface area contributed by atoms with E-state index in [-0.39, 0.29) is 0 Å². The first-order valence-electron chi connectivity index (χ1n) is 4.10. The Morgan fingerprint density at radius 1 is 1.43 bits per heavy atom. The summed E-state index contributed by atoms with van der Waals surface area (Å²) < 4.78 is 5.64. The topological polar surface area (TPSA) is 51.0 Å². The van der Waals surface area contributed by atoms with Gasteiger partial charge in [-0.15, -0.1) is 0 Å². The lowest BCUT2D eigenvalue weighted by molar-refractivity contribution is 0.412. The average molecular weight is 254 g/mol. The molecule has 2 heterocycles. The van der Waals surface area contributed by atoms with Gasteiger partial charge in [0.05, 0.1) is 11.0 Å². The van der Waals surface area contributed by atoms with E-state index in [9.17, 15) is 0 Å². The number of aromatic nitrogens is 2. The third kappa shape index (κ3) is 2.11. The molecule has 1 N–H and O–H groups in total. The SMILES string of the molecule is Brc1cccnc1NCc1ccon1. The first-order valence-corrected chi connectivity index (χ1v) is 4.89. The highest BCUT2D eigenvalue weighted by molar-refractivity contribution is 9.10. The van der Waals surface area contributed by atoms with E-state index in [4.69, 9.17) is 4.52 Å². The Morgan fingerprint density at radius 2 is 2.36 bits per heavy atom. The third-order valence-electron chi connectivity index (χ3n) is 1.69. The molecular weight excluding hydrogens is 246 g/mol. The Hall–Kier alpha value is -1.36. The molecule has 2 aromatic rings. The fraction of sp³-hybridized carbons (Fsp3) is 0.111. The van der Waals surface area contributed by atoms with Gasteiger partial charge in [-0.3, -0.25) is 0 Å². The Balaban J connectivity index is 2.02. The van der Waals surface area contributed by atoms with Gasteiger partial charge in [-0.05, 0) is 28.1 Å². The fourth-order valence-corrected chi connectivity index (χ4v) is 1.41. The fourth-order valence-electron chi connectivity index (χ4n) is 1.02. The number of halogens is 1. The zero-order valence-corrected chi connectivity index (χ0v) is 8.86. The van der Waals surface area contributed by atoms with Crippen molar-refractivity contribution in [3.63, 3.8) is 0 Å². The number of hydrogen-bond acceptors (Lipinski definition) is 4. The number of hydrogen-bond donors (Lipinski definition) is 1. The quantitative estimate of drug-likeness (QED) is 0.913. The highest BCUT2D eigenvalue weighted by Gasteiger charge is 2.00. The lowest BCUT2D eigenvalue weighted by Gasteiger charge is -2.03. The third-order valence-corrected chi connectivity index (χ3v) is 2.33. The van der Waals surface area contributed by atoms with Crippen LogP contribution in [0.15, 0.2) is 39.7 Å². The lowest BCUT2D eigenvalue weighted by atomic mass is 10.4. The van der Waals surface area contributed by atoms with Crippen molar-refractivity contribution in [2.75, 3.05) is 5.32 Å². The van der Waals surface area contributed by atoms with Gasteiger partial charge in [-0.25, -0.2) is 4.98 Å². The van der Waals surface area contributed by atoms with Crippen molar-refractivity contribution in [2.24, 2.45) is 0 Å². The van der Waals surface area contributed by atoms with Gasteiger partial charge < -0.3 is 9.84 Å². The molecule has 0 amide bonds. The second-order valence-corrected chi connectivity index (χ2v) is 3.53. The predicted molar refractivity (Wildman–Crippen MR) is 55.8 cm³/mol. The Labute approximate surface area is 89.5 Å². The van der Waals surface area contributed by atoms with Crippen LogP contribution in [-0.4, -0.2) is 10.1 Å². The van der Waals surface area contributed by atoms with E-state index >= 15 is 0 Å². The minimum absolute atomic E-state index is 0.603. The van der Waals surface area contributed by atoms with Gasteiger partial charge in [-0.2, -0.15) is 0 Å². The summed E-state index contributed by atoms with van der Waals surface area (Å²) in [6, 6.07) is 5.60. The smallest absolute Gasteiger partial charge is 0.140 e. The van der Waals surface area contributed by atoms with Crippen LogP contribution in [0.25, 0.3) is 0 Å². The Morgan fingerprint density at radius 3 is 3.07 bits per heavy atom. The number of anilines is 1. The van der Waals surface area contributed by atoms with Gasteiger partial charge in [0.1, 0.15) is 17.8 Å². The molecule has 0 unspecified atom stereocenters. The molecule has 0 aromatic carbocycles. The van der Waals surface area contributed by atoms with E-state index in [1.54, 1.807) is 12.5 Å². The summed E-state index contributed by atoms with van der Waals surface area (Å²) in [7, 11) is 0. The summed E-state index contributed by atoms with van der Waals surface area (Å²) in [4.78, 5) is 4.16. The van der Waals surface area contributed by atoms with E-state index < -0.39 is 0 Å². The van der Waals surface area contributed by atoms with Crippen molar-refractivity contribution in [3.05, 3.63) is 40.8 Å². The normalized spacial score (nSPS) is 10.1. The van der Waals surface area contributed by atoms with Crippen molar-refractivity contribution in [1.82, 2.24) is 10.1 Å². The van der Waals surface area contributed by atoms with Crippen LogP contribution >= 0.6 is 15.9 Å². The molecule has 0 aliphatic carbocycles. The van der Waals surface area contributed by atoms with Crippen LogP contribution in [0, 0.1) is 0 Å². The standard InChI is InChI=1S/C9H8BrN3O/c10-8-2-1-4-11-9(8)12-6-7-3-5-14-13-7/h1-5H,6H2,(H,11,12). The molecule has 0 aliphatic heterocycles. The minimum Gasteiger partial charge on any atom is -0.364 e. The first-order chi connectivity index (χ1) is 6.86. The van der Waals surface area contributed by atoms with Crippen LogP contribution < -0.4 is 5.32 Å². The minimum atomic E-state index is 0.603. The second kappa shape index (κ2) is 4.23. The molecule has 0 bridgehead atoms. The summed E-state index contributed by atoms with van der Waals surface area (Å²) in [5.41, 5.74) is 0.850. The molecule has 5 heteroatoms. The van der Waals surface area contributed by atoms with Crippen molar-refractivity contribution in [3.8, 4) is 0 Å². The number of nitrogens with zero attached hydrogens (tertiary/aromatic N) is 2. The van der Waals surface area contributed by atoms with Gasteiger partial charge in [0.15, 0.2) is 0 Å². The maximum atomic E-state index is 4.71. The molecular formula is C9H8BrN3O. The van der Waals surface area contributed by atoms with Crippen molar-refractivity contribution in [2.45, 2.75) is 6.54 Å². The maximum absolute atomic E-state index is 4.71. The highest BCUT2D eigenvalue weighted by atomic mass is 79.9. The largest absolute Gasteiger partial charge is 0.364 e. The summed E-state index contributed by atoms with van der Waals surface area (Å²) in [5.74, 6) is 0.801. The van der Waals surface area contributed by atoms with Gasteiger partial charge in [0.2, 0.25) is 0 Å². The summed E-state index contributed by atoms with van der Waals surface area (Å²) in [6.45, 7) is 0.603. The van der Waals surface area contributed by atoms with Crippen LogP contribution in [0.4, 0.5) is 5.82 Å². The maximum Gasteiger partial charge on any atom is 0.140 e. The molecule has 0 atom stereocenters. The van der Waals surface area contributed by atoms with Gasteiger partial charge in [-0.1, -0.05) is 5.16 Å². The van der Waals surface area contributed by atoms with Crippen LogP contribution in [0.1, 0.15) is 5.69 Å². The first kappa shape index (κ1) is 9.21. The van der Waals surface area contributed by atoms with Gasteiger partial charge in [0.25, 0.3) is 0 Å². The molecule has 2 aromatic heterocycles. The molecule has 0 spiro atoms. The van der Waals surface area contributed by atoms with Crippen molar-refractivity contribution < 1.29 is 4.52 Å². The summed E-state index contributed by atoms with van der Waals surface area (Å²) in [5, 5.41) is 6.92. The van der Waals surface area contributed by atoms with Crippen LogP contribution in [0.5, 0.6) is 0 Å². The molecule has 4 nitrogen and oxygen atoms in total. The number of nitrogens with one attached hydrogen (secondary N) is 1. The predicted octanol–water partition coefficient (Wildman–Crippen LogP) is 2.44. The zero-order chi connectivity index (χ0) is 9.80. The average Bonchev–Trinajstić information content (AvgIpc) is 2.69. The molecule has 0 aliphatic rings. The monoisotopic (exact) mass is 253 g/mol. The van der Waals surface area contributed by atoms with Gasteiger partial charge >= 0.3 is 0 Å². The molecule has 0 saturated heterocycles. The molecule has 14 heavy (non-hydrogen) atoms. The molecule has 0 saturated carbocycles. The van der Waals surface area contributed by atoms with Crippen LogP contribution in [0.2, 0.25) is 0 Å². The molecule has 2 rings (SSSR count). The van der Waals surface area contributed by atoms with Gasteiger partial charge in [0, 0.05) is 12.3 Å². The van der Waals surface area contributed by atoms with Crippen molar-refractivity contribution >= 4 is 21.7 Å². The van der Waals surface area contributed by atoms with E-state index in [1.165, 1.54) is 0 Å².